The predicted molar refractivity (Wildman–Crippen MR) is 108 cm³/mol. The first-order valence-corrected chi connectivity index (χ1v) is 11.3. The number of rotatable bonds is 4. The molecule has 0 amide bonds. The van der Waals surface area contributed by atoms with Crippen molar-refractivity contribution >= 4 is 11.5 Å². The van der Waals surface area contributed by atoms with E-state index in [0.29, 0.717) is 30.3 Å². The maximum Gasteiger partial charge on any atom is 0.139 e. The van der Waals surface area contributed by atoms with Gasteiger partial charge in [0.15, 0.2) is 0 Å². The Kier molecular flexibility index (Phi) is 5.15. The average Bonchev–Trinajstić information content (AvgIpc) is 2.95. The Labute approximate surface area is 164 Å². The third-order valence-electron chi connectivity index (χ3n) is 9.20. The molecule has 27 heavy (non-hydrogen) atoms. The number of nitrogens with zero attached hydrogens (tertiary/aromatic N) is 1. The van der Waals surface area contributed by atoms with Crippen molar-refractivity contribution in [2.45, 2.75) is 78.6 Å². The second-order valence-corrected chi connectivity index (χ2v) is 10.5. The lowest BCUT2D eigenvalue weighted by Crippen LogP contribution is -2.56. The Bertz CT molecular complexity index is 617. The molecule has 0 spiro atoms. The van der Waals surface area contributed by atoms with Gasteiger partial charge in [0.05, 0.1) is 5.71 Å². The molecule has 4 aliphatic carbocycles. The lowest BCUT2D eigenvalue weighted by molar-refractivity contribution is -0.143. The molecule has 4 saturated carbocycles. The summed E-state index contributed by atoms with van der Waals surface area (Å²) in [5.41, 5.74) is 7.20. The van der Waals surface area contributed by atoms with Crippen molar-refractivity contribution < 1.29 is 9.63 Å². The number of carbonyl (C=O) groups excluding carboxylic acids is 1. The van der Waals surface area contributed by atoms with E-state index in [1.165, 1.54) is 25.0 Å². The Balaban J connectivity index is 1.51. The second-order valence-electron chi connectivity index (χ2n) is 10.5. The summed E-state index contributed by atoms with van der Waals surface area (Å²) in [6.45, 7) is 8.61. The van der Waals surface area contributed by atoms with E-state index in [1.54, 1.807) is 0 Å². The van der Waals surface area contributed by atoms with Gasteiger partial charge in [0.25, 0.3) is 0 Å². The lowest BCUT2D eigenvalue weighted by atomic mass is 9.43. The van der Waals surface area contributed by atoms with Crippen molar-refractivity contribution in [1.29, 1.82) is 0 Å². The van der Waals surface area contributed by atoms with Crippen LogP contribution in [0.1, 0.15) is 78.6 Å². The van der Waals surface area contributed by atoms with E-state index < -0.39 is 0 Å². The monoisotopic (exact) mass is 374 g/mol. The van der Waals surface area contributed by atoms with Crippen LogP contribution in [0.2, 0.25) is 0 Å². The first kappa shape index (κ1) is 19.4. The molecule has 0 aromatic rings. The Morgan fingerprint density at radius 2 is 2.00 bits per heavy atom. The number of ketones is 1. The molecule has 0 aromatic carbocycles. The minimum absolute atomic E-state index is 0.0171. The summed E-state index contributed by atoms with van der Waals surface area (Å²) < 4.78 is 0. The summed E-state index contributed by atoms with van der Waals surface area (Å²) in [6.07, 6.45) is 9.93. The minimum Gasteiger partial charge on any atom is -0.396 e. The van der Waals surface area contributed by atoms with Gasteiger partial charge in [-0.15, -0.1) is 0 Å². The number of carbonyl (C=O) groups is 1. The summed E-state index contributed by atoms with van der Waals surface area (Å²) in [4.78, 5) is 18.1. The van der Waals surface area contributed by atoms with Crippen LogP contribution >= 0.6 is 0 Å². The van der Waals surface area contributed by atoms with Crippen molar-refractivity contribution in [3.05, 3.63) is 0 Å². The zero-order valence-electron chi connectivity index (χ0n) is 17.5. The normalized spacial score (nSPS) is 48.1. The van der Waals surface area contributed by atoms with Gasteiger partial charge < -0.3 is 10.6 Å². The van der Waals surface area contributed by atoms with Gasteiger partial charge >= 0.3 is 0 Å². The third kappa shape index (κ3) is 3.07. The summed E-state index contributed by atoms with van der Waals surface area (Å²) in [5.74, 6) is 4.16. The molecule has 152 valence electrons. The predicted octanol–water partition coefficient (Wildman–Crippen LogP) is 4.57. The molecule has 1 unspecified atom stereocenters. The molecule has 2 N–H and O–H groups in total. The van der Waals surface area contributed by atoms with Crippen molar-refractivity contribution in [2.75, 3.05) is 13.2 Å². The Hall–Kier alpha value is -0.900. The molecule has 0 aliphatic heterocycles. The molecule has 0 saturated heterocycles. The maximum atomic E-state index is 12.6. The minimum atomic E-state index is -0.0171. The molecular formula is C23H38N2O2. The van der Waals surface area contributed by atoms with Crippen molar-refractivity contribution in [3.63, 3.8) is 0 Å². The number of hydrogen-bond acceptors (Lipinski definition) is 4. The van der Waals surface area contributed by atoms with Crippen molar-refractivity contribution in [1.82, 2.24) is 0 Å². The number of Topliss-reactive ketones (excluding diaryl/α,β-unsaturated/α-hetero) is 1. The molecule has 4 aliphatic rings. The lowest BCUT2D eigenvalue weighted by Gasteiger charge is -2.61. The highest BCUT2D eigenvalue weighted by Crippen LogP contribution is 2.66. The summed E-state index contributed by atoms with van der Waals surface area (Å²) >= 11 is 0. The quantitative estimate of drug-likeness (QED) is 0.579. The van der Waals surface area contributed by atoms with Crippen LogP contribution < -0.4 is 5.73 Å². The standard InChI is InChI=1S/C23H38N2O2/c1-15-13-16-14-17(25-27-12-4-11-24)7-9-22(16,2)19-8-10-23(3)18(21(15)19)5-6-20(23)26/h15-16,18-19,21H,4-14,24H2,1-3H3/b25-17-/t15-,16?,18+,19+,21+,22+,23+/m1/s1. The topological polar surface area (TPSA) is 64.7 Å². The highest BCUT2D eigenvalue weighted by molar-refractivity contribution is 5.87. The molecule has 7 atom stereocenters. The van der Waals surface area contributed by atoms with Gasteiger partial charge in [-0.3, -0.25) is 4.79 Å². The zero-order chi connectivity index (χ0) is 19.2. The van der Waals surface area contributed by atoms with Crippen LogP contribution in [-0.4, -0.2) is 24.6 Å². The van der Waals surface area contributed by atoms with Crippen LogP contribution in [0.5, 0.6) is 0 Å². The van der Waals surface area contributed by atoms with E-state index >= 15 is 0 Å². The molecule has 0 aromatic heterocycles. The highest BCUT2D eigenvalue weighted by Gasteiger charge is 2.61. The number of hydrogen-bond donors (Lipinski definition) is 1. The van der Waals surface area contributed by atoms with E-state index in [1.807, 2.05) is 0 Å². The zero-order valence-corrected chi connectivity index (χ0v) is 17.5. The van der Waals surface area contributed by atoms with Crippen molar-refractivity contribution in [2.24, 2.45) is 51.3 Å². The van der Waals surface area contributed by atoms with Gasteiger partial charge in [0, 0.05) is 11.8 Å². The van der Waals surface area contributed by atoms with Crippen LogP contribution in [0, 0.1) is 40.4 Å². The summed E-state index contributed by atoms with van der Waals surface area (Å²) in [6, 6.07) is 0. The molecule has 4 fully saturated rings. The second kappa shape index (κ2) is 7.17. The van der Waals surface area contributed by atoms with E-state index in [-0.39, 0.29) is 5.41 Å². The summed E-state index contributed by atoms with van der Waals surface area (Å²) in [5, 5.41) is 4.46. The fourth-order valence-electron chi connectivity index (χ4n) is 7.58. The molecular weight excluding hydrogens is 336 g/mol. The molecule has 4 heteroatoms. The molecule has 0 heterocycles. The number of nitrogens with two attached hydrogens (primary N) is 1. The Morgan fingerprint density at radius 1 is 1.19 bits per heavy atom. The molecule has 0 radical (unpaired) electrons. The molecule has 4 rings (SSSR count). The fraction of sp³-hybridized carbons (Fsp3) is 0.913. The van der Waals surface area contributed by atoms with Crippen molar-refractivity contribution in [3.8, 4) is 0 Å². The smallest absolute Gasteiger partial charge is 0.139 e. The van der Waals surface area contributed by atoms with Crippen LogP contribution in [0.4, 0.5) is 0 Å². The van der Waals surface area contributed by atoms with E-state index in [0.717, 1.165) is 62.2 Å². The molecule has 4 nitrogen and oxygen atoms in total. The van der Waals surface area contributed by atoms with Gasteiger partial charge in [-0.2, -0.15) is 0 Å². The first-order valence-electron chi connectivity index (χ1n) is 11.3. The van der Waals surface area contributed by atoms with E-state index in [4.69, 9.17) is 10.6 Å². The van der Waals surface area contributed by atoms with Crippen LogP contribution in [0.15, 0.2) is 5.16 Å². The summed E-state index contributed by atoms with van der Waals surface area (Å²) in [7, 11) is 0. The average molecular weight is 375 g/mol. The van der Waals surface area contributed by atoms with Crippen LogP contribution in [0.25, 0.3) is 0 Å². The third-order valence-corrected chi connectivity index (χ3v) is 9.20. The fourth-order valence-corrected chi connectivity index (χ4v) is 7.58. The van der Waals surface area contributed by atoms with Gasteiger partial charge in [-0.1, -0.05) is 25.9 Å². The Morgan fingerprint density at radius 3 is 2.78 bits per heavy atom. The van der Waals surface area contributed by atoms with E-state index in [9.17, 15) is 4.79 Å². The number of oxime groups is 1. The highest BCUT2D eigenvalue weighted by atomic mass is 16.6. The maximum absolute atomic E-state index is 12.6. The van der Waals surface area contributed by atoms with Gasteiger partial charge in [-0.25, -0.2) is 0 Å². The van der Waals surface area contributed by atoms with Gasteiger partial charge in [-0.05, 0) is 92.9 Å². The molecule has 0 bridgehead atoms. The van der Waals surface area contributed by atoms with Crippen LogP contribution in [0.3, 0.4) is 0 Å². The number of fused-ring (bicyclic) bond motifs is 5. The first-order chi connectivity index (χ1) is 12.9. The SMILES string of the molecule is C[C@@H]1CC2C/C(=N\OCCCN)CC[C@]2(C)[C@H]2CC[C@]3(C)C(=O)CC[C@H]3[C@H]12. The largest absolute Gasteiger partial charge is 0.396 e. The van der Waals surface area contributed by atoms with E-state index in [2.05, 4.69) is 25.9 Å². The van der Waals surface area contributed by atoms with Gasteiger partial charge in [0.2, 0.25) is 0 Å². The van der Waals surface area contributed by atoms with Gasteiger partial charge in [0.1, 0.15) is 12.4 Å². The van der Waals surface area contributed by atoms with Crippen LogP contribution in [-0.2, 0) is 9.63 Å².